The van der Waals surface area contributed by atoms with Gasteiger partial charge in [-0.3, -0.25) is 9.59 Å². The molecule has 2 N–H and O–H groups in total. The fraction of sp³-hybridized carbons (Fsp3) is 0.0769. The third kappa shape index (κ3) is 5.07. The molecule has 0 atom stereocenters. The van der Waals surface area contributed by atoms with Crippen LogP contribution in [0.4, 0.5) is 10.1 Å². The SMILES string of the molecule is C/C(=N/NC(=O)c1c(-c2ccccc2)noc1C)c1ccc(NC(=O)c2ccc(F)cc2)cc1. The molecule has 8 heteroatoms. The fourth-order valence-electron chi connectivity index (χ4n) is 3.29. The zero-order valence-corrected chi connectivity index (χ0v) is 18.5. The summed E-state index contributed by atoms with van der Waals surface area (Å²) in [6.45, 7) is 3.43. The van der Waals surface area contributed by atoms with Crippen LogP contribution in [-0.4, -0.2) is 22.7 Å². The summed E-state index contributed by atoms with van der Waals surface area (Å²) in [7, 11) is 0. The lowest BCUT2D eigenvalue weighted by atomic mass is 10.1. The average Bonchev–Trinajstić information content (AvgIpc) is 3.25. The van der Waals surface area contributed by atoms with Crippen LogP contribution in [0.2, 0.25) is 0 Å². The molecule has 0 radical (unpaired) electrons. The molecule has 0 spiro atoms. The van der Waals surface area contributed by atoms with Gasteiger partial charge in [-0.25, -0.2) is 9.82 Å². The number of rotatable bonds is 6. The van der Waals surface area contributed by atoms with Crippen molar-refractivity contribution in [2.45, 2.75) is 13.8 Å². The van der Waals surface area contributed by atoms with Crippen molar-refractivity contribution >= 4 is 23.2 Å². The topological polar surface area (TPSA) is 96.6 Å². The highest BCUT2D eigenvalue weighted by atomic mass is 19.1. The van der Waals surface area contributed by atoms with Gasteiger partial charge >= 0.3 is 0 Å². The minimum Gasteiger partial charge on any atom is -0.360 e. The van der Waals surface area contributed by atoms with Gasteiger partial charge in [-0.2, -0.15) is 5.10 Å². The van der Waals surface area contributed by atoms with Crippen LogP contribution in [-0.2, 0) is 0 Å². The molecule has 0 aliphatic carbocycles. The molecule has 4 rings (SSSR count). The van der Waals surface area contributed by atoms with Crippen LogP contribution in [0.25, 0.3) is 11.3 Å². The number of aryl methyl sites for hydroxylation is 1. The predicted octanol–water partition coefficient (Wildman–Crippen LogP) is 5.20. The number of hydrazone groups is 1. The van der Waals surface area contributed by atoms with Gasteiger partial charge in [0.05, 0.1) is 5.71 Å². The van der Waals surface area contributed by atoms with Crippen LogP contribution in [0.3, 0.4) is 0 Å². The van der Waals surface area contributed by atoms with E-state index in [0.29, 0.717) is 34.0 Å². The number of amides is 2. The number of nitrogens with one attached hydrogen (secondary N) is 2. The summed E-state index contributed by atoms with van der Waals surface area (Å²) in [5, 5.41) is 11.0. The van der Waals surface area contributed by atoms with E-state index in [1.807, 2.05) is 30.3 Å². The van der Waals surface area contributed by atoms with E-state index in [-0.39, 0.29) is 5.91 Å². The first-order valence-electron chi connectivity index (χ1n) is 10.5. The summed E-state index contributed by atoms with van der Waals surface area (Å²) in [6.07, 6.45) is 0. The summed E-state index contributed by atoms with van der Waals surface area (Å²) >= 11 is 0. The van der Waals surface area contributed by atoms with Crippen molar-refractivity contribution in [2.24, 2.45) is 5.10 Å². The second kappa shape index (κ2) is 9.91. The highest BCUT2D eigenvalue weighted by Crippen LogP contribution is 2.25. The van der Waals surface area contributed by atoms with Crippen LogP contribution < -0.4 is 10.7 Å². The molecule has 0 unspecified atom stereocenters. The number of carbonyl (C=O) groups excluding carboxylic acids is 2. The standard InChI is InChI=1S/C26H21FN4O3/c1-16(18-10-14-22(15-11-18)28-25(32)20-8-12-21(27)13-9-20)29-30-26(33)23-17(2)34-31-24(23)19-6-4-3-5-7-19/h3-15H,1-2H3,(H,28,32)(H,30,33)/b29-16-. The molecule has 2 amide bonds. The van der Waals surface area contributed by atoms with Crippen molar-refractivity contribution in [3.8, 4) is 11.3 Å². The van der Waals surface area contributed by atoms with Gasteiger partial charge in [0.2, 0.25) is 0 Å². The third-order valence-electron chi connectivity index (χ3n) is 5.13. The van der Waals surface area contributed by atoms with Crippen molar-refractivity contribution in [1.82, 2.24) is 10.6 Å². The lowest BCUT2D eigenvalue weighted by molar-refractivity contribution is 0.0953. The Bertz CT molecular complexity index is 1350. The van der Waals surface area contributed by atoms with Crippen LogP contribution in [0.5, 0.6) is 0 Å². The van der Waals surface area contributed by atoms with Gasteiger partial charge in [-0.1, -0.05) is 47.6 Å². The minimum atomic E-state index is -0.430. The van der Waals surface area contributed by atoms with E-state index in [0.717, 1.165) is 11.1 Å². The molecule has 0 bridgehead atoms. The fourth-order valence-corrected chi connectivity index (χ4v) is 3.29. The molecular weight excluding hydrogens is 435 g/mol. The van der Waals surface area contributed by atoms with Crippen molar-refractivity contribution < 1.29 is 18.5 Å². The molecule has 7 nitrogen and oxygen atoms in total. The molecule has 1 aromatic heterocycles. The highest BCUT2D eigenvalue weighted by molar-refractivity contribution is 6.05. The van der Waals surface area contributed by atoms with Gasteiger partial charge in [0.1, 0.15) is 22.8 Å². The molecule has 170 valence electrons. The monoisotopic (exact) mass is 456 g/mol. The first kappa shape index (κ1) is 22.6. The molecule has 0 aliphatic heterocycles. The summed E-state index contributed by atoms with van der Waals surface area (Å²) < 4.78 is 18.3. The number of anilines is 1. The van der Waals surface area contributed by atoms with Crippen molar-refractivity contribution in [1.29, 1.82) is 0 Å². The van der Waals surface area contributed by atoms with Gasteiger partial charge in [0, 0.05) is 16.8 Å². The second-order valence-corrected chi connectivity index (χ2v) is 7.50. The molecule has 1 heterocycles. The van der Waals surface area contributed by atoms with Crippen molar-refractivity contribution in [3.05, 3.63) is 107 Å². The summed E-state index contributed by atoms with van der Waals surface area (Å²) in [5.74, 6) is -0.785. The van der Waals surface area contributed by atoms with E-state index in [1.54, 1.807) is 38.1 Å². The Kier molecular flexibility index (Phi) is 6.59. The first-order valence-corrected chi connectivity index (χ1v) is 10.5. The Balaban J connectivity index is 1.43. The first-order chi connectivity index (χ1) is 16.4. The number of aromatic nitrogens is 1. The van der Waals surface area contributed by atoms with E-state index in [9.17, 15) is 14.0 Å². The number of halogens is 1. The van der Waals surface area contributed by atoms with E-state index in [4.69, 9.17) is 4.52 Å². The zero-order chi connectivity index (χ0) is 24.1. The van der Waals surface area contributed by atoms with E-state index in [1.165, 1.54) is 24.3 Å². The van der Waals surface area contributed by atoms with Crippen molar-refractivity contribution in [3.63, 3.8) is 0 Å². The molecular formula is C26H21FN4O3. The van der Waals surface area contributed by atoms with Gasteiger partial charge in [0.25, 0.3) is 11.8 Å². The summed E-state index contributed by atoms with van der Waals surface area (Å²) in [6, 6.07) is 21.6. The van der Waals surface area contributed by atoms with Crippen LogP contribution >= 0.6 is 0 Å². The summed E-state index contributed by atoms with van der Waals surface area (Å²) in [5.41, 5.74) is 6.34. The highest BCUT2D eigenvalue weighted by Gasteiger charge is 2.21. The Labute approximate surface area is 195 Å². The van der Waals surface area contributed by atoms with Crippen molar-refractivity contribution in [2.75, 3.05) is 5.32 Å². The van der Waals surface area contributed by atoms with Gasteiger partial charge in [-0.05, 0) is 55.8 Å². The molecule has 4 aromatic rings. The zero-order valence-electron chi connectivity index (χ0n) is 18.5. The molecule has 34 heavy (non-hydrogen) atoms. The Hall–Kier alpha value is -4.59. The Morgan fingerprint density at radius 3 is 2.21 bits per heavy atom. The smallest absolute Gasteiger partial charge is 0.277 e. The quantitative estimate of drug-likeness (QED) is 0.308. The average molecular weight is 456 g/mol. The number of hydrogen-bond donors (Lipinski definition) is 2. The lowest BCUT2D eigenvalue weighted by Crippen LogP contribution is -2.20. The maximum atomic E-state index is 13.0. The molecule has 0 aliphatic rings. The lowest BCUT2D eigenvalue weighted by Gasteiger charge is -2.07. The van der Waals surface area contributed by atoms with E-state index in [2.05, 4.69) is 21.0 Å². The largest absolute Gasteiger partial charge is 0.360 e. The predicted molar refractivity (Wildman–Crippen MR) is 127 cm³/mol. The van der Waals surface area contributed by atoms with Gasteiger partial charge < -0.3 is 9.84 Å². The molecule has 3 aromatic carbocycles. The Morgan fingerprint density at radius 2 is 1.53 bits per heavy atom. The van der Waals surface area contributed by atoms with Crippen LogP contribution in [0, 0.1) is 12.7 Å². The maximum absolute atomic E-state index is 13.0. The van der Waals surface area contributed by atoms with Crippen LogP contribution in [0.1, 0.15) is 39.0 Å². The van der Waals surface area contributed by atoms with Crippen LogP contribution in [0.15, 0.2) is 88.5 Å². The van der Waals surface area contributed by atoms with Gasteiger partial charge in [0.15, 0.2) is 0 Å². The molecule has 0 fully saturated rings. The minimum absolute atomic E-state index is 0.321. The maximum Gasteiger partial charge on any atom is 0.277 e. The third-order valence-corrected chi connectivity index (χ3v) is 5.13. The number of carbonyl (C=O) groups is 2. The number of hydrogen-bond acceptors (Lipinski definition) is 5. The second-order valence-electron chi connectivity index (χ2n) is 7.50. The molecule has 0 saturated heterocycles. The number of benzene rings is 3. The number of nitrogens with zero attached hydrogens (tertiary/aromatic N) is 2. The van der Waals surface area contributed by atoms with E-state index < -0.39 is 11.7 Å². The normalized spacial score (nSPS) is 11.2. The summed E-state index contributed by atoms with van der Waals surface area (Å²) in [4.78, 5) is 25.1. The molecule has 0 saturated carbocycles. The van der Waals surface area contributed by atoms with E-state index >= 15 is 0 Å². The Morgan fingerprint density at radius 1 is 0.882 bits per heavy atom. The van der Waals surface area contributed by atoms with Gasteiger partial charge in [-0.15, -0.1) is 0 Å².